The molecule has 1 aromatic rings. The van der Waals surface area contributed by atoms with Crippen molar-refractivity contribution in [1.82, 2.24) is 9.78 Å². The van der Waals surface area contributed by atoms with Crippen LogP contribution in [0, 0.1) is 0 Å². The van der Waals surface area contributed by atoms with Gasteiger partial charge in [0, 0.05) is 14.1 Å². The van der Waals surface area contributed by atoms with Gasteiger partial charge in [0.2, 0.25) is 0 Å². The molecule has 110 valence electrons. The molecule has 19 heavy (non-hydrogen) atoms. The fourth-order valence-corrected chi connectivity index (χ4v) is 1.43. The zero-order chi connectivity index (χ0) is 15.2. The van der Waals surface area contributed by atoms with Gasteiger partial charge in [-0.15, -0.1) is 0 Å². The average molecular weight is 297 g/mol. The van der Waals surface area contributed by atoms with Crippen LogP contribution in [0.25, 0.3) is 0 Å². The van der Waals surface area contributed by atoms with Gasteiger partial charge in [-0.1, -0.05) is 0 Å². The van der Waals surface area contributed by atoms with E-state index in [1.165, 1.54) is 0 Å². The number of halogens is 8. The summed E-state index contributed by atoms with van der Waals surface area (Å²) in [6, 6.07) is 0. The Morgan fingerprint density at radius 2 is 1.47 bits per heavy atom. The standard InChI is InChI=1S/C8H7F8N3/c1-17-5-3(7(11,12)13)4(18-19(5)2)6(9,10)8(14,15)16/h17H,1-2H3. The number of rotatable bonds is 2. The van der Waals surface area contributed by atoms with Crippen LogP contribution in [0.1, 0.15) is 11.3 Å². The minimum Gasteiger partial charge on any atom is -0.373 e. The molecule has 0 radical (unpaired) electrons. The number of nitrogens with one attached hydrogen (secondary N) is 1. The monoisotopic (exact) mass is 297 g/mol. The van der Waals surface area contributed by atoms with E-state index in [2.05, 4.69) is 5.10 Å². The predicted molar refractivity (Wildman–Crippen MR) is 47.7 cm³/mol. The molecule has 3 nitrogen and oxygen atoms in total. The molecule has 0 aromatic carbocycles. The van der Waals surface area contributed by atoms with E-state index in [4.69, 9.17) is 0 Å². The van der Waals surface area contributed by atoms with E-state index in [0.29, 0.717) is 0 Å². The Morgan fingerprint density at radius 1 is 1.00 bits per heavy atom. The summed E-state index contributed by atoms with van der Waals surface area (Å²) in [7, 11) is 1.76. The number of nitrogens with zero attached hydrogens (tertiary/aromatic N) is 2. The van der Waals surface area contributed by atoms with Crippen LogP contribution in [-0.2, 0) is 19.1 Å². The normalized spacial score (nSPS) is 13.8. The summed E-state index contributed by atoms with van der Waals surface area (Å²) in [6.07, 6.45) is -11.6. The topological polar surface area (TPSA) is 29.9 Å². The summed E-state index contributed by atoms with van der Waals surface area (Å²) >= 11 is 0. The van der Waals surface area contributed by atoms with Gasteiger partial charge in [0.25, 0.3) is 0 Å². The van der Waals surface area contributed by atoms with Gasteiger partial charge in [-0.05, 0) is 0 Å². The summed E-state index contributed by atoms with van der Waals surface area (Å²) < 4.78 is 101. The van der Waals surface area contributed by atoms with E-state index >= 15 is 0 Å². The lowest BCUT2D eigenvalue weighted by atomic mass is 10.1. The molecule has 1 heterocycles. The van der Waals surface area contributed by atoms with E-state index in [9.17, 15) is 35.1 Å². The molecule has 0 aliphatic carbocycles. The smallest absolute Gasteiger partial charge is 0.373 e. The summed E-state index contributed by atoms with van der Waals surface area (Å²) in [6.45, 7) is 0. The number of anilines is 1. The lowest BCUT2D eigenvalue weighted by molar-refractivity contribution is -0.292. The summed E-state index contributed by atoms with van der Waals surface area (Å²) in [5.74, 6) is -6.68. The van der Waals surface area contributed by atoms with Crippen molar-refractivity contribution in [1.29, 1.82) is 0 Å². The summed E-state index contributed by atoms with van der Waals surface area (Å²) in [5, 5.41) is 4.54. The quantitative estimate of drug-likeness (QED) is 0.850. The first-order chi connectivity index (χ1) is 8.34. The Morgan fingerprint density at radius 3 is 1.79 bits per heavy atom. The van der Waals surface area contributed by atoms with Crippen LogP contribution in [0.4, 0.5) is 40.9 Å². The van der Waals surface area contributed by atoms with Crippen molar-refractivity contribution in [3.8, 4) is 0 Å². The number of aryl methyl sites for hydroxylation is 1. The van der Waals surface area contributed by atoms with Crippen molar-refractivity contribution in [3.05, 3.63) is 11.3 Å². The molecule has 1 rings (SSSR count). The number of hydrogen-bond donors (Lipinski definition) is 1. The zero-order valence-electron chi connectivity index (χ0n) is 9.42. The SMILES string of the molecule is CNc1c(C(F)(F)F)c(C(F)(F)C(F)(F)F)nn1C. The van der Waals surface area contributed by atoms with Crippen molar-refractivity contribution in [3.63, 3.8) is 0 Å². The van der Waals surface area contributed by atoms with E-state index in [1.54, 1.807) is 0 Å². The number of alkyl halides is 8. The highest BCUT2D eigenvalue weighted by atomic mass is 19.4. The Balaban J connectivity index is 3.63. The highest BCUT2D eigenvalue weighted by Gasteiger charge is 2.64. The van der Waals surface area contributed by atoms with Gasteiger partial charge >= 0.3 is 18.3 Å². The Kier molecular flexibility index (Phi) is 3.46. The molecule has 0 aliphatic heterocycles. The maximum atomic E-state index is 13.1. The Hall–Kier alpha value is -1.55. The van der Waals surface area contributed by atoms with E-state index in [-0.39, 0.29) is 4.68 Å². The molecule has 11 heteroatoms. The summed E-state index contributed by atoms with van der Waals surface area (Å²) in [5.41, 5.74) is -4.51. The van der Waals surface area contributed by atoms with Gasteiger partial charge in [-0.3, -0.25) is 4.68 Å². The van der Waals surface area contributed by atoms with Crippen molar-refractivity contribution in [2.24, 2.45) is 7.05 Å². The molecule has 0 saturated heterocycles. The van der Waals surface area contributed by atoms with Crippen LogP contribution in [0.3, 0.4) is 0 Å². The molecule has 0 bridgehead atoms. The van der Waals surface area contributed by atoms with Gasteiger partial charge in [0.15, 0.2) is 5.69 Å². The second kappa shape index (κ2) is 4.23. The second-order valence-corrected chi connectivity index (χ2v) is 3.52. The van der Waals surface area contributed by atoms with Crippen molar-refractivity contribution >= 4 is 5.82 Å². The van der Waals surface area contributed by atoms with Gasteiger partial charge in [-0.2, -0.15) is 40.2 Å². The molecular formula is C8H7F8N3. The molecule has 0 unspecified atom stereocenters. The third-order valence-corrected chi connectivity index (χ3v) is 2.22. The Bertz CT molecular complexity index is 470. The zero-order valence-corrected chi connectivity index (χ0v) is 9.42. The van der Waals surface area contributed by atoms with Gasteiger partial charge in [0.1, 0.15) is 11.4 Å². The molecule has 0 atom stereocenters. The van der Waals surface area contributed by atoms with Crippen molar-refractivity contribution < 1.29 is 35.1 Å². The van der Waals surface area contributed by atoms with Crippen molar-refractivity contribution in [2.45, 2.75) is 18.3 Å². The fraction of sp³-hybridized carbons (Fsp3) is 0.625. The molecule has 0 saturated carbocycles. The third kappa shape index (κ3) is 2.45. The second-order valence-electron chi connectivity index (χ2n) is 3.52. The van der Waals surface area contributed by atoms with Crippen LogP contribution in [0.2, 0.25) is 0 Å². The average Bonchev–Trinajstić information content (AvgIpc) is 2.53. The Labute approximate surface area is 101 Å². The third-order valence-electron chi connectivity index (χ3n) is 2.22. The maximum Gasteiger partial charge on any atom is 0.459 e. The molecule has 1 aromatic heterocycles. The number of hydrogen-bond acceptors (Lipinski definition) is 2. The lowest BCUT2D eigenvalue weighted by Crippen LogP contribution is -2.36. The molecule has 1 N–H and O–H groups in total. The minimum absolute atomic E-state index is 0.276. The minimum atomic E-state index is -6.17. The molecule has 0 spiro atoms. The van der Waals surface area contributed by atoms with Gasteiger partial charge < -0.3 is 5.32 Å². The molecular weight excluding hydrogens is 290 g/mol. The van der Waals surface area contributed by atoms with Gasteiger partial charge in [-0.25, -0.2) is 0 Å². The van der Waals surface area contributed by atoms with Gasteiger partial charge in [0.05, 0.1) is 0 Å². The van der Waals surface area contributed by atoms with E-state index in [1.807, 2.05) is 5.32 Å². The van der Waals surface area contributed by atoms with Crippen LogP contribution in [-0.4, -0.2) is 23.0 Å². The van der Waals surface area contributed by atoms with Crippen LogP contribution in [0.15, 0.2) is 0 Å². The first kappa shape index (κ1) is 15.5. The molecule has 0 aliphatic rings. The highest BCUT2D eigenvalue weighted by molar-refractivity contribution is 5.50. The highest BCUT2D eigenvalue weighted by Crippen LogP contribution is 2.49. The first-order valence-electron chi connectivity index (χ1n) is 4.61. The predicted octanol–water partition coefficient (Wildman–Crippen LogP) is 3.13. The van der Waals surface area contributed by atoms with Crippen molar-refractivity contribution in [2.75, 3.05) is 12.4 Å². The van der Waals surface area contributed by atoms with Crippen LogP contribution in [0.5, 0.6) is 0 Å². The van der Waals surface area contributed by atoms with E-state index < -0.39 is 35.4 Å². The first-order valence-corrected chi connectivity index (χ1v) is 4.61. The van der Waals surface area contributed by atoms with Crippen LogP contribution < -0.4 is 5.32 Å². The fourth-order valence-electron chi connectivity index (χ4n) is 1.43. The van der Waals surface area contributed by atoms with Crippen LogP contribution >= 0.6 is 0 Å². The van der Waals surface area contributed by atoms with E-state index in [0.717, 1.165) is 14.1 Å². The summed E-state index contributed by atoms with van der Waals surface area (Å²) in [4.78, 5) is 0. The lowest BCUT2D eigenvalue weighted by Gasteiger charge is -2.19. The maximum absolute atomic E-state index is 13.1. The molecule has 0 fully saturated rings. The number of aromatic nitrogens is 2. The molecule has 0 amide bonds. The largest absolute Gasteiger partial charge is 0.459 e.